The number of Topliss-reactive ketones (excluding diaryl/α,β-unsaturated/α-hetero) is 1. The van der Waals surface area contributed by atoms with Crippen molar-refractivity contribution in [1.82, 2.24) is 0 Å². The van der Waals surface area contributed by atoms with Crippen molar-refractivity contribution in [2.45, 2.75) is 79.1 Å². The largest absolute Gasteiger partial charge is 0.396 e. The molecule has 1 aromatic carbocycles. The average Bonchev–Trinajstić information content (AvgIpc) is 2.55. The molecule has 134 valence electrons. The van der Waals surface area contributed by atoms with Crippen molar-refractivity contribution in [1.29, 1.82) is 0 Å². The van der Waals surface area contributed by atoms with Crippen LogP contribution in [-0.2, 0) is 0 Å². The number of carbonyl (C=O) groups is 1. The molecule has 0 saturated carbocycles. The third-order valence-electron chi connectivity index (χ3n) is 4.51. The Morgan fingerprint density at radius 3 is 2.25 bits per heavy atom. The van der Waals surface area contributed by atoms with Crippen LogP contribution in [0.4, 0.5) is 4.39 Å². The number of hydrogen-bond acceptors (Lipinski definition) is 2. The molecule has 0 unspecified atom stereocenters. The smallest absolute Gasteiger partial charge is 0.208 e. The van der Waals surface area contributed by atoms with Gasteiger partial charge in [-0.2, -0.15) is 0 Å². The van der Waals surface area contributed by atoms with Gasteiger partial charge in [-0.25, -0.2) is 4.39 Å². The number of unbranched alkanes of at least 4 members (excludes halogenated alkanes) is 4. The summed E-state index contributed by atoms with van der Waals surface area (Å²) in [7, 11) is 0. The second-order valence-electron chi connectivity index (χ2n) is 6.68. The van der Waals surface area contributed by atoms with E-state index in [0.29, 0.717) is 16.8 Å². The lowest BCUT2D eigenvalue weighted by Crippen LogP contribution is -2.16. The van der Waals surface area contributed by atoms with E-state index in [1.807, 2.05) is 6.92 Å². The molecule has 1 aromatic rings. The van der Waals surface area contributed by atoms with Gasteiger partial charge in [-0.05, 0) is 55.9 Å². The number of hydrogen-bond donors (Lipinski definition) is 1. The summed E-state index contributed by atoms with van der Waals surface area (Å²) in [5, 5.41) is 0. The fourth-order valence-electron chi connectivity index (χ4n) is 3.01. The van der Waals surface area contributed by atoms with E-state index in [0.717, 1.165) is 36.8 Å². The second-order valence-corrected chi connectivity index (χ2v) is 6.68. The van der Waals surface area contributed by atoms with Crippen LogP contribution in [0.3, 0.4) is 0 Å². The number of benzene rings is 1. The van der Waals surface area contributed by atoms with Crippen molar-refractivity contribution in [2.24, 2.45) is 5.73 Å². The summed E-state index contributed by atoms with van der Waals surface area (Å²) in [5.41, 5.74) is 9.25. The lowest BCUT2D eigenvalue weighted by Gasteiger charge is -2.13. The topological polar surface area (TPSA) is 43.1 Å². The molecule has 0 aliphatic carbocycles. The Kier molecular flexibility index (Phi) is 8.73. The number of allylic oxidation sites excluding steroid dienone is 2. The predicted molar refractivity (Wildman–Crippen MR) is 99.7 cm³/mol. The first-order chi connectivity index (χ1) is 11.4. The van der Waals surface area contributed by atoms with Crippen molar-refractivity contribution in [3.05, 3.63) is 45.9 Å². The highest BCUT2D eigenvalue weighted by Gasteiger charge is 2.17. The average molecular weight is 333 g/mol. The maximum Gasteiger partial charge on any atom is 0.208 e. The first kappa shape index (κ1) is 20.4. The molecule has 0 spiro atoms. The maximum atomic E-state index is 13.8. The van der Waals surface area contributed by atoms with Crippen LogP contribution in [0.5, 0.6) is 0 Å². The van der Waals surface area contributed by atoms with Gasteiger partial charge in [0.25, 0.3) is 0 Å². The van der Waals surface area contributed by atoms with Crippen LogP contribution in [0.1, 0.15) is 86.7 Å². The van der Waals surface area contributed by atoms with Crippen LogP contribution < -0.4 is 5.73 Å². The van der Waals surface area contributed by atoms with Crippen LogP contribution in [-0.4, -0.2) is 5.78 Å². The third kappa shape index (κ3) is 5.77. The van der Waals surface area contributed by atoms with Crippen molar-refractivity contribution >= 4 is 5.78 Å². The molecular formula is C21H32FNO. The molecule has 2 nitrogen and oxygen atoms in total. The summed E-state index contributed by atoms with van der Waals surface area (Å²) in [5.74, 6) is -0.586. The number of aryl methyl sites for hydroxylation is 2. The molecular weight excluding hydrogens is 301 g/mol. The summed E-state index contributed by atoms with van der Waals surface area (Å²) >= 11 is 0. The number of rotatable bonds is 10. The summed E-state index contributed by atoms with van der Waals surface area (Å²) in [6.07, 6.45) is 8.58. The number of halogens is 1. The molecule has 0 aliphatic heterocycles. The van der Waals surface area contributed by atoms with Gasteiger partial charge in [0.05, 0.1) is 5.70 Å². The highest BCUT2D eigenvalue weighted by atomic mass is 19.1. The normalized spacial score (nSPS) is 12.2. The van der Waals surface area contributed by atoms with Crippen molar-refractivity contribution in [3.63, 3.8) is 0 Å². The standard InChI is InChI=1S/C21H32FNO/c1-5-7-8-9-10-12-17(11-6-2)20(23)21(24)18-14-19(22)16(4)13-15(18)3/h13-14H,5-12,23H2,1-4H3/b20-17-. The van der Waals surface area contributed by atoms with Gasteiger partial charge < -0.3 is 5.73 Å². The molecule has 0 bridgehead atoms. The molecule has 24 heavy (non-hydrogen) atoms. The molecule has 0 heterocycles. The van der Waals surface area contributed by atoms with Gasteiger partial charge in [0.15, 0.2) is 0 Å². The highest BCUT2D eigenvalue weighted by molar-refractivity contribution is 6.09. The second kappa shape index (κ2) is 10.3. The van der Waals surface area contributed by atoms with Crippen LogP contribution >= 0.6 is 0 Å². The fourth-order valence-corrected chi connectivity index (χ4v) is 3.01. The summed E-state index contributed by atoms with van der Waals surface area (Å²) < 4.78 is 13.8. The summed E-state index contributed by atoms with van der Waals surface area (Å²) in [6.45, 7) is 7.82. The van der Waals surface area contributed by atoms with Crippen molar-refractivity contribution in [3.8, 4) is 0 Å². The molecule has 0 radical (unpaired) electrons. The lowest BCUT2D eigenvalue weighted by molar-refractivity contribution is 0.103. The molecule has 0 atom stereocenters. The molecule has 2 N–H and O–H groups in total. The van der Waals surface area contributed by atoms with Crippen LogP contribution in [0, 0.1) is 19.7 Å². The van der Waals surface area contributed by atoms with Gasteiger partial charge in [-0.1, -0.05) is 52.0 Å². The van der Waals surface area contributed by atoms with E-state index in [1.54, 1.807) is 13.0 Å². The Balaban J connectivity index is 2.94. The number of nitrogens with two attached hydrogens (primary N) is 1. The fraction of sp³-hybridized carbons (Fsp3) is 0.571. The molecule has 0 fully saturated rings. The van der Waals surface area contributed by atoms with E-state index >= 15 is 0 Å². The van der Waals surface area contributed by atoms with Crippen molar-refractivity contribution in [2.75, 3.05) is 0 Å². The molecule has 1 rings (SSSR count). The van der Waals surface area contributed by atoms with Gasteiger partial charge in [-0.15, -0.1) is 0 Å². The number of ketones is 1. The SMILES string of the molecule is CCCCCCC/C(CCC)=C(\N)C(=O)c1cc(F)c(C)cc1C. The van der Waals surface area contributed by atoms with E-state index in [4.69, 9.17) is 5.73 Å². The molecule has 0 aliphatic rings. The quantitative estimate of drug-likeness (QED) is 0.324. The van der Waals surface area contributed by atoms with E-state index in [2.05, 4.69) is 13.8 Å². The Morgan fingerprint density at radius 1 is 0.958 bits per heavy atom. The van der Waals surface area contributed by atoms with E-state index < -0.39 is 0 Å². The number of carbonyl (C=O) groups excluding carboxylic acids is 1. The van der Waals surface area contributed by atoms with Gasteiger partial charge >= 0.3 is 0 Å². The monoisotopic (exact) mass is 333 g/mol. The van der Waals surface area contributed by atoms with E-state index in [-0.39, 0.29) is 11.6 Å². The Labute approximate surface area is 146 Å². The van der Waals surface area contributed by atoms with Crippen LogP contribution in [0.25, 0.3) is 0 Å². The maximum absolute atomic E-state index is 13.8. The lowest BCUT2D eigenvalue weighted by atomic mass is 9.94. The highest BCUT2D eigenvalue weighted by Crippen LogP contribution is 2.22. The Bertz CT molecular complexity index is 590. The molecule has 3 heteroatoms. The zero-order valence-electron chi connectivity index (χ0n) is 15.7. The Hall–Kier alpha value is -1.64. The van der Waals surface area contributed by atoms with Crippen molar-refractivity contribution < 1.29 is 9.18 Å². The van der Waals surface area contributed by atoms with Gasteiger partial charge in [0, 0.05) is 5.56 Å². The third-order valence-corrected chi connectivity index (χ3v) is 4.51. The van der Waals surface area contributed by atoms with E-state index in [9.17, 15) is 9.18 Å². The zero-order chi connectivity index (χ0) is 18.1. The first-order valence-corrected chi connectivity index (χ1v) is 9.21. The van der Waals surface area contributed by atoms with Crippen LogP contribution in [0.15, 0.2) is 23.4 Å². The predicted octanol–water partition coefficient (Wildman–Crippen LogP) is 6.00. The zero-order valence-corrected chi connectivity index (χ0v) is 15.7. The van der Waals surface area contributed by atoms with Gasteiger partial charge in [-0.3, -0.25) is 4.79 Å². The van der Waals surface area contributed by atoms with Gasteiger partial charge in [0.1, 0.15) is 5.82 Å². The molecule has 0 saturated heterocycles. The van der Waals surface area contributed by atoms with E-state index in [1.165, 1.54) is 31.7 Å². The molecule has 0 amide bonds. The molecule has 0 aromatic heterocycles. The summed E-state index contributed by atoms with van der Waals surface area (Å²) in [6, 6.07) is 3.03. The minimum Gasteiger partial charge on any atom is -0.396 e. The van der Waals surface area contributed by atoms with Gasteiger partial charge in [0.2, 0.25) is 5.78 Å². The minimum atomic E-state index is -0.353. The summed E-state index contributed by atoms with van der Waals surface area (Å²) in [4.78, 5) is 12.7. The minimum absolute atomic E-state index is 0.233. The Morgan fingerprint density at radius 2 is 1.62 bits per heavy atom. The van der Waals surface area contributed by atoms with Crippen LogP contribution in [0.2, 0.25) is 0 Å². The first-order valence-electron chi connectivity index (χ1n) is 9.21.